The normalized spacial score (nSPS) is 10.7. The Kier molecular flexibility index (Phi) is 6.84. The van der Waals surface area contributed by atoms with Crippen LogP contribution in [0.5, 0.6) is 5.75 Å². The highest BCUT2D eigenvalue weighted by Crippen LogP contribution is 2.19. The molecular formula is C19H21N3O4. The monoisotopic (exact) mass is 355 g/mol. The van der Waals surface area contributed by atoms with Gasteiger partial charge in [-0.1, -0.05) is 12.1 Å². The van der Waals surface area contributed by atoms with Gasteiger partial charge in [-0.15, -0.1) is 0 Å². The molecule has 7 heteroatoms. The molecule has 1 N–H and O–H groups in total. The van der Waals surface area contributed by atoms with Crippen LogP contribution in [0.15, 0.2) is 47.6 Å². The molecule has 1 amide bonds. The van der Waals surface area contributed by atoms with E-state index in [1.807, 2.05) is 19.1 Å². The number of non-ortho nitro benzene ring substituents is 1. The van der Waals surface area contributed by atoms with Crippen molar-refractivity contribution < 1.29 is 14.5 Å². The lowest BCUT2D eigenvalue weighted by Crippen LogP contribution is -2.17. The van der Waals surface area contributed by atoms with Gasteiger partial charge < -0.3 is 4.74 Å². The van der Waals surface area contributed by atoms with E-state index in [1.54, 1.807) is 19.2 Å². The number of aryl methyl sites for hydroxylation is 2. The van der Waals surface area contributed by atoms with Crippen LogP contribution in [0.4, 0.5) is 5.69 Å². The molecule has 136 valence electrons. The number of nitrogens with zero attached hydrogens (tertiary/aromatic N) is 2. The third-order valence-electron chi connectivity index (χ3n) is 3.84. The molecule has 2 aromatic rings. The summed E-state index contributed by atoms with van der Waals surface area (Å²) in [5.74, 6) is 0.681. The molecule has 0 spiro atoms. The number of hydrazone groups is 1. The van der Waals surface area contributed by atoms with Crippen LogP contribution >= 0.6 is 0 Å². The van der Waals surface area contributed by atoms with Crippen molar-refractivity contribution in [2.24, 2.45) is 5.10 Å². The molecule has 2 rings (SSSR count). The molecule has 7 nitrogen and oxygen atoms in total. The van der Waals surface area contributed by atoms with E-state index in [2.05, 4.69) is 16.6 Å². The molecule has 0 heterocycles. The number of carbonyl (C=O) groups is 1. The highest BCUT2D eigenvalue weighted by atomic mass is 16.6. The zero-order valence-corrected chi connectivity index (χ0v) is 14.8. The molecule has 0 saturated heterocycles. The minimum absolute atomic E-state index is 0.0138. The van der Waals surface area contributed by atoms with Crippen molar-refractivity contribution in [3.8, 4) is 5.75 Å². The molecule has 0 aliphatic carbocycles. The van der Waals surface area contributed by atoms with Crippen LogP contribution in [-0.4, -0.2) is 24.2 Å². The van der Waals surface area contributed by atoms with Gasteiger partial charge in [0.2, 0.25) is 5.91 Å². The van der Waals surface area contributed by atoms with E-state index in [0.717, 1.165) is 23.3 Å². The predicted octanol–water partition coefficient (Wildman–Crippen LogP) is 3.38. The Hall–Kier alpha value is -3.22. The molecular weight excluding hydrogens is 334 g/mol. The molecule has 0 bridgehead atoms. The van der Waals surface area contributed by atoms with Gasteiger partial charge in [0.1, 0.15) is 5.75 Å². The van der Waals surface area contributed by atoms with E-state index in [4.69, 9.17) is 4.74 Å². The van der Waals surface area contributed by atoms with Crippen LogP contribution in [0.1, 0.15) is 29.5 Å². The molecule has 0 aliphatic heterocycles. The van der Waals surface area contributed by atoms with Crippen molar-refractivity contribution in [3.05, 3.63) is 69.3 Å². The summed E-state index contributed by atoms with van der Waals surface area (Å²) in [6, 6.07) is 11.9. The first kappa shape index (κ1) is 19.1. The molecule has 0 aliphatic rings. The number of hydrogen-bond donors (Lipinski definition) is 1. The number of hydrogen-bond acceptors (Lipinski definition) is 5. The van der Waals surface area contributed by atoms with E-state index in [9.17, 15) is 14.9 Å². The minimum Gasteiger partial charge on any atom is -0.496 e. The van der Waals surface area contributed by atoms with Crippen LogP contribution in [0.25, 0.3) is 0 Å². The van der Waals surface area contributed by atoms with E-state index >= 15 is 0 Å². The third kappa shape index (κ3) is 5.70. The fourth-order valence-electron chi connectivity index (χ4n) is 2.47. The number of nitro groups is 1. The number of carbonyl (C=O) groups excluding carboxylic acids is 1. The number of nitrogens with one attached hydrogen (secondary N) is 1. The van der Waals surface area contributed by atoms with Crippen LogP contribution in [0, 0.1) is 17.0 Å². The lowest BCUT2D eigenvalue weighted by molar-refractivity contribution is -0.384. The zero-order chi connectivity index (χ0) is 18.9. The van der Waals surface area contributed by atoms with Crippen molar-refractivity contribution in [2.75, 3.05) is 7.11 Å². The number of methoxy groups -OCH3 is 1. The van der Waals surface area contributed by atoms with Crippen LogP contribution in [0.2, 0.25) is 0 Å². The SMILES string of the molecule is COc1ccc(CCCC(=O)N/N=C\c2ccc([N+](=O)[O-])cc2)cc1C. The molecule has 26 heavy (non-hydrogen) atoms. The van der Waals surface area contributed by atoms with Crippen molar-refractivity contribution in [2.45, 2.75) is 26.2 Å². The van der Waals surface area contributed by atoms with E-state index in [1.165, 1.54) is 18.3 Å². The lowest BCUT2D eigenvalue weighted by atomic mass is 10.1. The van der Waals surface area contributed by atoms with E-state index in [-0.39, 0.29) is 11.6 Å². The fraction of sp³-hybridized carbons (Fsp3) is 0.263. The highest BCUT2D eigenvalue weighted by Gasteiger charge is 2.04. The van der Waals surface area contributed by atoms with Gasteiger partial charge >= 0.3 is 0 Å². The summed E-state index contributed by atoms with van der Waals surface area (Å²) in [4.78, 5) is 21.9. The van der Waals surface area contributed by atoms with E-state index < -0.39 is 4.92 Å². The second-order valence-electron chi connectivity index (χ2n) is 5.80. The average Bonchev–Trinajstić information content (AvgIpc) is 2.62. The standard InChI is InChI=1S/C19H21N3O4/c1-14-12-15(8-11-18(14)26-2)4-3-5-19(23)21-20-13-16-6-9-17(10-7-16)22(24)25/h6-13H,3-5H2,1-2H3,(H,21,23)/b20-13-. The summed E-state index contributed by atoms with van der Waals surface area (Å²) in [6.07, 6.45) is 3.33. The maximum absolute atomic E-state index is 11.8. The molecule has 0 unspecified atom stereocenters. The van der Waals surface area contributed by atoms with Gasteiger partial charge in [-0.25, -0.2) is 5.43 Å². The van der Waals surface area contributed by atoms with Crippen molar-refractivity contribution >= 4 is 17.8 Å². The Balaban J connectivity index is 1.74. The average molecular weight is 355 g/mol. The maximum Gasteiger partial charge on any atom is 0.269 e. The largest absolute Gasteiger partial charge is 0.496 e. The summed E-state index contributed by atoms with van der Waals surface area (Å²) in [5, 5.41) is 14.4. The molecule has 2 aromatic carbocycles. The van der Waals surface area contributed by atoms with Gasteiger partial charge in [-0.3, -0.25) is 14.9 Å². The third-order valence-corrected chi connectivity index (χ3v) is 3.84. The van der Waals surface area contributed by atoms with Gasteiger partial charge in [0.25, 0.3) is 5.69 Å². The van der Waals surface area contributed by atoms with Gasteiger partial charge in [0.05, 0.1) is 18.2 Å². The van der Waals surface area contributed by atoms with Gasteiger partial charge in [0.15, 0.2) is 0 Å². The summed E-state index contributed by atoms with van der Waals surface area (Å²) in [6.45, 7) is 1.99. The molecule has 0 saturated carbocycles. The van der Waals surface area contributed by atoms with Crippen LogP contribution < -0.4 is 10.2 Å². The Bertz CT molecular complexity index is 801. The Morgan fingerprint density at radius 2 is 2.00 bits per heavy atom. The van der Waals surface area contributed by atoms with Gasteiger partial charge in [0, 0.05) is 18.6 Å². The number of amides is 1. The lowest BCUT2D eigenvalue weighted by Gasteiger charge is -2.07. The first-order valence-electron chi connectivity index (χ1n) is 8.19. The van der Waals surface area contributed by atoms with Crippen molar-refractivity contribution in [1.29, 1.82) is 0 Å². The summed E-state index contributed by atoms with van der Waals surface area (Å²) in [5.41, 5.74) is 5.38. The predicted molar refractivity (Wildman–Crippen MR) is 99.5 cm³/mol. The van der Waals surface area contributed by atoms with E-state index in [0.29, 0.717) is 18.4 Å². The number of benzene rings is 2. The Morgan fingerprint density at radius 1 is 1.27 bits per heavy atom. The van der Waals surface area contributed by atoms with Gasteiger partial charge in [-0.05, 0) is 54.7 Å². The first-order chi connectivity index (χ1) is 12.5. The fourth-order valence-corrected chi connectivity index (χ4v) is 2.47. The van der Waals surface area contributed by atoms with Gasteiger partial charge in [-0.2, -0.15) is 5.10 Å². The quantitative estimate of drug-likeness (QED) is 0.446. The minimum atomic E-state index is -0.465. The Morgan fingerprint density at radius 3 is 2.62 bits per heavy atom. The van der Waals surface area contributed by atoms with Crippen molar-refractivity contribution in [1.82, 2.24) is 5.43 Å². The van der Waals surface area contributed by atoms with Crippen molar-refractivity contribution in [3.63, 3.8) is 0 Å². The summed E-state index contributed by atoms with van der Waals surface area (Å²) >= 11 is 0. The second kappa shape index (κ2) is 9.31. The molecule has 0 fully saturated rings. The van der Waals surface area contributed by atoms with Crippen LogP contribution in [0.3, 0.4) is 0 Å². The molecule has 0 atom stereocenters. The topological polar surface area (TPSA) is 93.8 Å². The molecule has 0 radical (unpaired) electrons. The highest BCUT2D eigenvalue weighted by molar-refractivity contribution is 5.82. The zero-order valence-electron chi connectivity index (χ0n) is 14.8. The second-order valence-corrected chi connectivity index (χ2v) is 5.80. The summed E-state index contributed by atoms with van der Waals surface area (Å²) < 4.78 is 5.23. The molecule has 0 aromatic heterocycles. The number of ether oxygens (including phenoxy) is 1. The summed E-state index contributed by atoms with van der Waals surface area (Å²) in [7, 11) is 1.64. The number of rotatable bonds is 8. The maximum atomic E-state index is 11.8. The smallest absolute Gasteiger partial charge is 0.269 e. The van der Waals surface area contributed by atoms with Crippen LogP contribution in [-0.2, 0) is 11.2 Å². The Labute approximate surface area is 151 Å². The first-order valence-corrected chi connectivity index (χ1v) is 8.19. The number of nitro benzene ring substituents is 1.